The van der Waals surface area contributed by atoms with Crippen molar-refractivity contribution in [2.75, 3.05) is 0 Å². The molecule has 4 heteroatoms. The number of nitro benzene ring substituents is 1. The normalized spacial score (nSPS) is 11.9. The van der Waals surface area contributed by atoms with Crippen LogP contribution < -0.4 is 0 Å². The van der Waals surface area contributed by atoms with Crippen LogP contribution in [-0.4, -0.2) is 10.7 Å². The Bertz CT molecular complexity index is 620. The Morgan fingerprint density at radius 2 is 1.71 bits per heavy atom. The van der Waals surface area contributed by atoms with Gasteiger partial charge in [-0.1, -0.05) is 49.4 Å². The lowest BCUT2D eigenvalue weighted by atomic mass is 9.89. The molecule has 0 saturated heterocycles. The predicted octanol–water partition coefficient (Wildman–Crippen LogP) is 4.05. The summed E-state index contributed by atoms with van der Waals surface area (Å²) >= 11 is 0. The fourth-order valence-corrected chi connectivity index (χ4v) is 2.30. The largest absolute Gasteiger partial charge is 0.294 e. The zero-order valence-electron chi connectivity index (χ0n) is 11.9. The van der Waals surface area contributed by atoms with Crippen LogP contribution in [0.4, 0.5) is 5.69 Å². The maximum Gasteiger partial charge on any atom is 0.269 e. The Kier molecular flexibility index (Phi) is 4.82. The fourth-order valence-electron chi connectivity index (χ4n) is 2.30. The number of ketones is 1. The molecule has 0 saturated carbocycles. The van der Waals surface area contributed by atoms with Crippen LogP contribution in [0.5, 0.6) is 0 Å². The van der Waals surface area contributed by atoms with Crippen molar-refractivity contribution in [2.24, 2.45) is 5.92 Å². The molecule has 0 heterocycles. The number of rotatable bonds is 6. The zero-order chi connectivity index (χ0) is 15.2. The van der Waals surface area contributed by atoms with Crippen LogP contribution in [0.15, 0.2) is 54.6 Å². The van der Waals surface area contributed by atoms with Crippen LogP contribution in [-0.2, 0) is 6.42 Å². The molecule has 2 aromatic carbocycles. The number of non-ortho nitro benzene ring substituents is 1. The molecule has 21 heavy (non-hydrogen) atoms. The van der Waals surface area contributed by atoms with Gasteiger partial charge in [0.15, 0.2) is 5.78 Å². The maximum absolute atomic E-state index is 12.4. The third kappa shape index (κ3) is 3.75. The van der Waals surface area contributed by atoms with Crippen LogP contribution in [0, 0.1) is 16.0 Å². The minimum Gasteiger partial charge on any atom is -0.294 e. The molecule has 1 unspecified atom stereocenters. The number of Topliss-reactive ketones (excluding diaryl/α,β-unsaturated/α-hetero) is 1. The first-order chi connectivity index (χ1) is 10.1. The van der Waals surface area contributed by atoms with E-state index in [1.807, 2.05) is 37.3 Å². The van der Waals surface area contributed by atoms with Gasteiger partial charge in [0.1, 0.15) is 0 Å². The van der Waals surface area contributed by atoms with Crippen molar-refractivity contribution < 1.29 is 9.72 Å². The van der Waals surface area contributed by atoms with Gasteiger partial charge in [-0.2, -0.15) is 0 Å². The van der Waals surface area contributed by atoms with Gasteiger partial charge in [0, 0.05) is 23.6 Å². The highest BCUT2D eigenvalue weighted by Crippen LogP contribution is 2.20. The summed E-state index contributed by atoms with van der Waals surface area (Å²) < 4.78 is 0. The molecule has 108 valence electrons. The molecular weight excluding hydrogens is 266 g/mol. The Morgan fingerprint density at radius 1 is 1.10 bits per heavy atom. The molecule has 0 aliphatic heterocycles. The van der Waals surface area contributed by atoms with Crippen molar-refractivity contribution in [3.63, 3.8) is 0 Å². The standard InChI is InChI=1S/C17H17NO3/c1-2-14(17(19)15-6-4-3-5-7-15)12-13-8-10-16(11-9-13)18(20)21/h3-11,14H,2,12H2,1H3. The van der Waals surface area contributed by atoms with Crippen molar-refractivity contribution in [2.45, 2.75) is 19.8 Å². The molecule has 0 aliphatic carbocycles. The number of benzene rings is 2. The van der Waals surface area contributed by atoms with E-state index >= 15 is 0 Å². The summed E-state index contributed by atoms with van der Waals surface area (Å²) in [6.45, 7) is 1.98. The van der Waals surface area contributed by atoms with Gasteiger partial charge in [-0.3, -0.25) is 14.9 Å². The highest BCUT2D eigenvalue weighted by Gasteiger charge is 2.18. The molecule has 0 aliphatic rings. The third-order valence-corrected chi connectivity index (χ3v) is 3.55. The molecule has 2 aromatic rings. The second kappa shape index (κ2) is 6.79. The molecular formula is C17H17NO3. The summed E-state index contributed by atoms with van der Waals surface area (Å²) in [4.78, 5) is 22.7. The number of carbonyl (C=O) groups is 1. The minimum atomic E-state index is -0.420. The molecule has 4 nitrogen and oxygen atoms in total. The van der Waals surface area contributed by atoms with Crippen molar-refractivity contribution in [3.05, 3.63) is 75.8 Å². The summed E-state index contributed by atoms with van der Waals surface area (Å²) in [5, 5.41) is 10.6. The van der Waals surface area contributed by atoms with Gasteiger partial charge < -0.3 is 0 Å². The van der Waals surface area contributed by atoms with Gasteiger partial charge in [-0.15, -0.1) is 0 Å². The quantitative estimate of drug-likeness (QED) is 0.456. The molecule has 0 radical (unpaired) electrons. The topological polar surface area (TPSA) is 60.2 Å². The number of nitro groups is 1. The summed E-state index contributed by atoms with van der Waals surface area (Å²) in [7, 11) is 0. The molecule has 0 spiro atoms. The SMILES string of the molecule is CCC(Cc1ccc([N+](=O)[O-])cc1)C(=O)c1ccccc1. The fraction of sp³-hybridized carbons (Fsp3) is 0.235. The first-order valence-electron chi connectivity index (χ1n) is 6.94. The van der Waals surface area contributed by atoms with E-state index in [9.17, 15) is 14.9 Å². The van der Waals surface area contributed by atoms with Gasteiger partial charge in [-0.05, 0) is 18.4 Å². The van der Waals surface area contributed by atoms with E-state index < -0.39 is 4.92 Å². The third-order valence-electron chi connectivity index (χ3n) is 3.55. The molecule has 2 rings (SSSR count). The molecule has 1 atom stereocenters. The summed E-state index contributed by atoms with van der Waals surface area (Å²) in [5.41, 5.74) is 1.73. The lowest BCUT2D eigenvalue weighted by Crippen LogP contribution is -2.16. The second-order valence-corrected chi connectivity index (χ2v) is 4.96. The van der Waals surface area contributed by atoms with Crippen molar-refractivity contribution in [3.8, 4) is 0 Å². The van der Waals surface area contributed by atoms with E-state index in [0.29, 0.717) is 12.0 Å². The van der Waals surface area contributed by atoms with E-state index in [1.165, 1.54) is 12.1 Å². The van der Waals surface area contributed by atoms with Gasteiger partial charge in [0.2, 0.25) is 0 Å². The Labute approximate surface area is 123 Å². The van der Waals surface area contributed by atoms with E-state index in [4.69, 9.17) is 0 Å². The van der Waals surface area contributed by atoms with Crippen molar-refractivity contribution in [1.82, 2.24) is 0 Å². The Balaban J connectivity index is 2.12. The van der Waals surface area contributed by atoms with E-state index in [-0.39, 0.29) is 17.4 Å². The number of nitrogens with zero attached hydrogens (tertiary/aromatic N) is 1. The van der Waals surface area contributed by atoms with Crippen LogP contribution in [0.25, 0.3) is 0 Å². The van der Waals surface area contributed by atoms with Crippen molar-refractivity contribution in [1.29, 1.82) is 0 Å². The van der Waals surface area contributed by atoms with E-state index in [0.717, 1.165) is 12.0 Å². The highest BCUT2D eigenvalue weighted by molar-refractivity contribution is 5.97. The van der Waals surface area contributed by atoms with Crippen LogP contribution in [0.2, 0.25) is 0 Å². The van der Waals surface area contributed by atoms with E-state index in [1.54, 1.807) is 12.1 Å². The van der Waals surface area contributed by atoms with Gasteiger partial charge in [0.05, 0.1) is 4.92 Å². The Hall–Kier alpha value is -2.49. The van der Waals surface area contributed by atoms with Crippen LogP contribution in [0.3, 0.4) is 0 Å². The summed E-state index contributed by atoms with van der Waals surface area (Å²) in [5.74, 6) is 0.0188. The number of carbonyl (C=O) groups excluding carboxylic acids is 1. The van der Waals surface area contributed by atoms with Gasteiger partial charge in [0.25, 0.3) is 5.69 Å². The lowest BCUT2D eigenvalue weighted by molar-refractivity contribution is -0.384. The molecule has 0 fully saturated rings. The molecule has 0 aromatic heterocycles. The zero-order valence-corrected chi connectivity index (χ0v) is 11.9. The monoisotopic (exact) mass is 283 g/mol. The van der Waals surface area contributed by atoms with Crippen LogP contribution in [0.1, 0.15) is 29.3 Å². The summed E-state index contributed by atoms with van der Waals surface area (Å²) in [6.07, 6.45) is 1.34. The molecule has 0 N–H and O–H groups in total. The predicted molar refractivity (Wildman–Crippen MR) is 81.4 cm³/mol. The van der Waals surface area contributed by atoms with Crippen molar-refractivity contribution >= 4 is 11.5 Å². The minimum absolute atomic E-state index is 0.0705. The smallest absolute Gasteiger partial charge is 0.269 e. The molecule has 0 bridgehead atoms. The molecule has 0 amide bonds. The van der Waals surface area contributed by atoms with E-state index in [2.05, 4.69) is 0 Å². The van der Waals surface area contributed by atoms with Crippen LogP contribution >= 0.6 is 0 Å². The number of hydrogen-bond acceptors (Lipinski definition) is 3. The first-order valence-corrected chi connectivity index (χ1v) is 6.94. The van der Waals surface area contributed by atoms with Gasteiger partial charge in [-0.25, -0.2) is 0 Å². The second-order valence-electron chi connectivity index (χ2n) is 4.96. The average molecular weight is 283 g/mol. The lowest BCUT2D eigenvalue weighted by Gasteiger charge is -2.13. The summed E-state index contributed by atoms with van der Waals surface area (Å²) in [6, 6.07) is 15.6. The highest BCUT2D eigenvalue weighted by atomic mass is 16.6. The maximum atomic E-state index is 12.4. The average Bonchev–Trinajstić information content (AvgIpc) is 2.53. The Morgan fingerprint density at radius 3 is 2.24 bits per heavy atom. The number of hydrogen-bond donors (Lipinski definition) is 0. The van der Waals surface area contributed by atoms with Gasteiger partial charge >= 0.3 is 0 Å². The first kappa shape index (κ1) is 14.9.